The summed E-state index contributed by atoms with van der Waals surface area (Å²) >= 11 is 0. The summed E-state index contributed by atoms with van der Waals surface area (Å²) in [7, 11) is 0. The smallest absolute Gasteiger partial charge is 0.295 e. The summed E-state index contributed by atoms with van der Waals surface area (Å²) in [5.74, 6) is 2.60. The molecule has 0 heterocycles. The minimum atomic E-state index is -1.16. The Bertz CT molecular complexity index is 513. The van der Waals surface area contributed by atoms with Gasteiger partial charge in [-0.1, -0.05) is 60.7 Å². The summed E-state index contributed by atoms with van der Waals surface area (Å²) in [5, 5.41) is 0. The molecule has 0 fully saturated rings. The van der Waals surface area contributed by atoms with E-state index in [2.05, 4.69) is 5.92 Å². The van der Waals surface area contributed by atoms with Gasteiger partial charge < -0.3 is 4.74 Å². The van der Waals surface area contributed by atoms with Crippen molar-refractivity contribution in [1.29, 1.82) is 0 Å². The minimum Gasteiger partial charge on any atom is -0.439 e. The molecule has 0 saturated heterocycles. The van der Waals surface area contributed by atoms with E-state index in [1.54, 1.807) is 0 Å². The normalized spacial score (nSPS) is 10.4. The van der Waals surface area contributed by atoms with E-state index in [1.165, 1.54) is 0 Å². The Morgan fingerprint density at radius 2 is 1.39 bits per heavy atom. The van der Waals surface area contributed by atoms with Gasteiger partial charge in [0.25, 0.3) is 6.47 Å². The molecule has 88 valence electrons. The lowest BCUT2D eigenvalue weighted by molar-refractivity contribution is -0.136. The maximum atomic E-state index is 10.8. The van der Waals surface area contributed by atoms with Crippen molar-refractivity contribution in [1.82, 2.24) is 0 Å². The molecule has 0 aliphatic carbocycles. The zero-order chi connectivity index (χ0) is 12.8. The molecule has 0 amide bonds. The lowest BCUT2D eigenvalue weighted by Gasteiger charge is -2.27. The fraction of sp³-hybridized carbons (Fsp3) is 0.0625. The summed E-state index contributed by atoms with van der Waals surface area (Å²) in [4.78, 5) is 10.8. The van der Waals surface area contributed by atoms with Crippen molar-refractivity contribution >= 4 is 6.47 Å². The van der Waals surface area contributed by atoms with E-state index in [0.717, 1.165) is 11.1 Å². The quantitative estimate of drug-likeness (QED) is 0.602. The van der Waals surface area contributed by atoms with Crippen LogP contribution >= 0.6 is 0 Å². The van der Waals surface area contributed by atoms with Crippen LogP contribution in [0.5, 0.6) is 0 Å². The van der Waals surface area contributed by atoms with Crippen molar-refractivity contribution in [3.8, 4) is 12.3 Å². The van der Waals surface area contributed by atoms with Gasteiger partial charge in [0.15, 0.2) is 0 Å². The lowest BCUT2D eigenvalue weighted by Crippen LogP contribution is -2.29. The van der Waals surface area contributed by atoms with E-state index in [-0.39, 0.29) is 0 Å². The van der Waals surface area contributed by atoms with Crippen LogP contribution in [0.3, 0.4) is 0 Å². The van der Waals surface area contributed by atoms with E-state index in [0.29, 0.717) is 6.47 Å². The molecule has 18 heavy (non-hydrogen) atoms. The van der Waals surface area contributed by atoms with Crippen molar-refractivity contribution in [2.75, 3.05) is 0 Å². The number of ether oxygens (including phenoxy) is 1. The van der Waals surface area contributed by atoms with Crippen molar-refractivity contribution < 1.29 is 9.53 Å². The van der Waals surface area contributed by atoms with Crippen LogP contribution in [-0.2, 0) is 15.1 Å². The number of terminal acetylenes is 1. The molecule has 2 heteroatoms. The van der Waals surface area contributed by atoms with Gasteiger partial charge >= 0.3 is 0 Å². The number of carbonyl (C=O) groups excluding carboxylic acids is 1. The average molecular weight is 236 g/mol. The van der Waals surface area contributed by atoms with Gasteiger partial charge in [-0.25, -0.2) is 0 Å². The summed E-state index contributed by atoms with van der Waals surface area (Å²) in [5.41, 5.74) is 0.348. The molecule has 0 spiro atoms. The predicted octanol–water partition coefficient (Wildman–Crippen LogP) is 2.74. The largest absolute Gasteiger partial charge is 0.439 e. The third-order valence-electron chi connectivity index (χ3n) is 2.79. The van der Waals surface area contributed by atoms with Crippen LogP contribution in [0.15, 0.2) is 60.7 Å². The maximum absolute atomic E-state index is 10.8. The molecule has 0 N–H and O–H groups in total. The third kappa shape index (κ3) is 1.99. The van der Waals surface area contributed by atoms with Crippen molar-refractivity contribution in [2.45, 2.75) is 5.60 Å². The highest BCUT2D eigenvalue weighted by molar-refractivity contribution is 5.50. The molecule has 2 nitrogen and oxygen atoms in total. The van der Waals surface area contributed by atoms with Crippen LogP contribution in [0.1, 0.15) is 11.1 Å². The molecule has 2 rings (SSSR count). The van der Waals surface area contributed by atoms with Crippen molar-refractivity contribution in [3.05, 3.63) is 71.8 Å². The Labute approximate surface area is 106 Å². The van der Waals surface area contributed by atoms with Gasteiger partial charge in [0.2, 0.25) is 5.60 Å². The number of carbonyl (C=O) groups is 1. The fourth-order valence-corrected chi connectivity index (χ4v) is 1.92. The molecule has 2 aromatic rings. The zero-order valence-corrected chi connectivity index (χ0v) is 9.74. The Balaban J connectivity index is 2.62. The molecule has 0 bridgehead atoms. The highest BCUT2D eigenvalue weighted by Gasteiger charge is 2.33. The highest BCUT2D eigenvalue weighted by Crippen LogP contribution is 2.32. The van der Waals surface area contributed by atoms with Crippen LogP contribution in [-0.4, -0.2) is 6.47 Å². The molecule has 0 unspecified atom stereocenters. The molecular formula is C16H12O2. The van der Waals surface area contributed by atoms with Crippen LogP contribution in [0, 0.1) is 12.3 Å². The second-order valence-corrected chi connectivity index (χ2v) is 3.77. The summed E-state index contributed by atoms with van der Waals surface area (Å²) in [6.45, 7) is 0.389. The number of benzene rings is 2. The van der Waals surface area contributed by atoms with Crippen molar-refractivity contribution in [3.63, 3.8) is 0 Å². The SMILES string of the molecule is C#CC(OC=O)(c1ccccc1)c1ccccc1. The van der Waals surface area contributed by atoms with Gasteiger partial charge in [0.1, 0.15) is 0 Å². The Morgan fingerprint density at radius 3 is 1.72 bits per heavy atom. The highest BCUT2D eigenvalue weighted by atomic mass is 16.5. The van der Waals surface area contributed by atoms with E-state index in [9.17, 15) is 4.79 Å². The molecular weight excluding hydrogens is 224 g/mol. The first-order chi connectivity index (χ1) is 8.83. The second-order valence-electron chi connectivity index (χ2n) is 3.77. The molecule has 2 aromatic carbocycles. The Morgan fingerprint density at radius 1 is 0.944 bits per heavy atom. The second kappa shape index (κ2) is 5.20. The number of hydrogen-bond donors (Lipinski definition) is 0. The minimum absolute atomic E-state index is 0.389. The predicted molar refractivity (Wildman–Crippen MR) is 69.6 cm³/mol. The Hall–Kier alpha value is -2.53. The average Bonchev–Trinajstić information content (AvgIpc) is 2.47. The van der Waals surface area contributed by atoms with Gasteiger partial charge in [-0.15, -0.1) is 6.42 Å². The topological polar surface area (TPSA) is 26.3 Å². The van der Waals surface area contributed by atoms with Gasteiger partial charge in [-0.2, -0.15) is 0 Å². The monoisotopic (exact) mass is 236 g/mol. The van der Waals surface area contributed by atoms with Crippen LogP contribution in [0.2, 0.25) is 0 Å². The first-order valence-electron chi connectivity index (χ1n) is 5.54. The molecule has 0 aliphatic rings. The molecule has 0 aliphatic heterocycles. The fourth-order valence-electron chi connectivity index (χ4n) is 1.92. The van der Waals surface area contributed by atoms with E-state index < -0.39 is 5.60 Å². The van der Waals surface area contributed by atoms with E-state index in [1.807, 2.05) is 60.7 Å². The van der Waals surface area contributed by atoms with Crippen LogP contribution in [0.25, 0.3) is 0 Å². The van der Waals surface area contributed by atoms with Gasteiger partial charge in [0, 0.05) is 11.1 Å². The molecule has 0 atom stereocenters. The lowest BCUT2D eigenvalue weighted by atomic mass is 9.87. The van der Waals surface area contributed by atoms with Crippen LogP contribution < -0.4 is 0 Å². The summed E-state index contributed by atoms with van der Waals surface area (Å²) in [6, 6.07) is 18.6. The zero-order valence-electron chi connectivity index (χ0n) is 9.74. The number of rotatable bonds is 4. The standard InChI is InChI=1S/C16H12O2/c1-2-16(18-13-17,14-9-5-3-6-10-14)15-11-7-4-8-12-15/h1,3-13H. The first-order valence-corrected chi connectivity index (χ1v) is 5.54. The Kier molecular flexibility index (Phi) is 3.45. The summed E-state index contributed by atoms with van der Waals surface area (Å²) < 4.78 is 5.23. The third-order valence-corrected chi connectivity index (χ3v) is 2.79. The summed E-state index contributed by atoms with van der Waals surface area (Å²) in [6.07, 6.45) is 5.62. The first kappa shape index (κ1) is 11.9. The van der Waals surface area contributed by atoms with Gasteiger partial charge in [-0.05, 0) is 5.92 Å². The van der Waals surface area contributed by atoms with Crippen molar-refractivity contribution in [2.24, 2.45) is 0 Å². The molecule has 0 saturated carbocycles. The molecule has 0 radical (unpaired) electrons. The van der Waals surface area contributed by atoms with E-state index in [4.69, 9.17) is 11.2 Å². The van der Waals surface area contributed by atoms with E-state index >= 15 is 0 Å². The van der Waals surface area contributed by atoms with Gasteiger partial charge in [-0.3, -0.25) is 4.79 Å². The van der Waals surface area contributed by atoms with Crippen LogP contribution in [0.4, 0.5) is 0 Å². The maximum Gasteiger partial charge on any atom is 0.295 e. The number of hydrogen-bond acceptors (Lipinski definition) is 2. The molecule has 0 aromatic heterocycles. The van der Waals surface area contributed by atoms with Gasteiger partial charge in [0.05, 0.1) is 0 Å².